The van der Waals surface area contributed by atoms with E-state index in [1.165, 1.54) is 0 Å². The van der Waals surface area contributed by atoms with Gasteiger partial charge in [0, 0.05) is 12.4 Å². The predicted molar refractivity (Wildman–Crippen MR) is 50.1 cm³/mol. The molecule has 0 aliphatic rings. The van der Waals surface area contributed by atoms with Crippen molar-refractivity contribution in [3.05, 3.63) is 30.1 Å². The first-order chi connectivity index (χ1) is 5.84. The number of nitrogens with zero attached hydrogens (tertiary/aromatic N) is 1. The van der Waals surface area contributed by atoms with Crippen LogP contribution in [0.15, 0.2) is 24.5 Å². The minimum atomic E-state index is -0.0718. The molecule has 1 heterocycles. The Morgan fingerprint density at radius 1 is 1.75 bits per heavy atom. The molecule has 0 bridgehead atoms. The molecule has 0 aromatic carbocycles. The SMILES string of the molecule is CSCNC(=O)c1cccnc1. The topological polar surface area (TPSA) is 42.0 Å². The molecule has 1 aromatic rings. The smallest absolute Gasteiger partial charge is 0.253 e. The number of amides is 1. The van der Waals surface area contributed by atoms with Gasteiger partial charge in [0.1, 0.15) is 0 Å². The molecule has 0 saturated carbocycles. The van der Waals surface area contributed by atoms with Gasteiger partial charge in [-0.3, -0.25) is 9.78 Å². The number of aromatic nitrogens is 1. The number of carbonyl (C=O) groups excluding carboxylic acids is 1. The van der Waals surface area contributed by atoms with E-state index in [-0.39, 0.29) is 5.91 Å². The average molecular weight is 182 g/mol. The van der Waals surface area contributed by atoms with Gasteiger partial charge in [0.25, 0.3) is 5.91 Å². The van der Waals surface area contributed by atoms with Crippen LogP contribution in [0.1, 0.15) is 10.4 Å². The van der Waals surface area contributed by atoms with Crippen LogP contribution in [0.5, 0.6) is 0 Å². The van der Waals surface area contributed by atoms with Crippen molar-refractivity contribution < 1.29 is 4.79 Å². The van der Waals surface area contributed by atoms with Crippen LogP contribution >= 0.6 is 11.8 Å². The van der Waals surface area contributed by atoms with Crippen molar-refractivity contribution in [1.82, 2.24) is 10.3 Å². The zero-order valence-electron chi connectivity index (χ0n) is 6.78. The molecule has 1 aromatic heterocycles. The lowest BCUT2D eigenvalue weighted by atomic mass is 10.3. The van der Waals surface area contributed by atoms with E-state index in [0.29, 0.717) is 11.4 Å². The van der Waals surface area contributed by atoms with Gasteiger partial charge in [-0.05, 0) is 18.4 Å². The van der Waals surface area contributed by atoms with E-state index in [0.717, 1.165) is 0 Å². The number of hydrogen-bond acceptors (Lipinski definition) is 3. The lowest BCUT2D eigenvalue weighted by Gasteiger charge is -2.01. The van der Waals surface area contributed by atoms with Crippen LogP contribution in [0, 0.1) is 0 Å². The molecule has 0 radical (unpaired) electrons. The Kier molecular flexibility index (Phi) is 3.60. The molecular weight excluding hydrogens is 172 g/mol. The Morgan fingerprint density at radius 3 is 3.17 bits per heavy atom. The van der Waals surface area contributed by atoms with Crippen LogP contribution in [0.3, 0.4) is 0 Å². The maximum Gasteiger partial charge on any atom is 0.253 e. The van der Waals surface area contributed by atoms with Crippen LogP contribution in [-0.2, 0) is 0 Å². The number of pyridine rings is 1. The van der Waals surface area contributed by atoms with Crippen LogP contribution in [-0.4, -0.2) is 23.0 Å². The predicted octanol–water partition coefficient (Wildman–Crippen LogP) is 1.13. The van der Waals surface area contributed by atoms with Crippen molar-refractivity contribution >= 4 is 17.7 Å². The molecule has 64 valence electrons. The molecule has 0 saturated heterocycles. The fourth-order valence-electron chi connectivity index (χ4n) is 0.737. The molecule has 0 aliphatic carbocycles. The highest BCUT2D eigenvalue weighted by Crippen LogP contribution is 1.96. The van der Waals surface area contributed by atoms with Gasteiger partial charge >= 0.3 is 0 Å². The number of carbonyl (C=O) groups is 1. The van der Waals surface area contributed by atoms with Gasteiger partial charge in [0.05, 0.1) is 11.4 Å². The summed E-state index contributed by atoms with van der Waals surface area (Å²) in [5.41, 5.74) is 0.603. The molecule has 1 rings (SSSR count). The summed E-state index contributed by atoms with van der Waals surface area (Å²) in [4.78, 5) is 15.1. The van der Waals surface area contributed by atoms with Crippen LogP contribution in [0.2, 0.25) is 0 Å². The highest BCUT2D eigenvalue weighted by atomic mass is 32.2. The highest BCUT2D eigenvalue weighted by molar-refractivity contribution is 7.98. The molecule has 0 fully saturated rings. The van der Waals surface area contributed by atoms with Gasteiger partial charge < -0.3 is 5.32 Å². The van der Waals surface area contributed by atoms with Crippen LogP contribution < -0.4 is 5.32 Å². The van der Waals surface area contributed by atoms with Crippen molar-refractivity contribution in [3.63, 3.8) is 0 Å². The summed E-state index contributed by atoms with van der Waals surface area (Å²) < 4.78 is 0. The number of nitrogens with one attached hydrogen (secondary N) is 1. The van der Waals surface area contributed by atoms with Crippen molar-refractivity contribution in [2.45, 2.75) is 0 Å². The van der Waals surface area contributed by atoms with Gasteiger partial charge in [-0.25, -0.2) is 0 Å². The summed E-state index contributed by atoms with van der Waals surface area (Å²) in [7, 11) is 0. The lowest BCUT2D eigenvalue weighted by molar-refractivity contribution is 0.0960. The summed E-state index contributed by atoms with van der Waals surface area (Å²) in [6.07, 6.45) is 5.13. The summed E-state index contributed by atoms with van der Waals surface area (Å²) in [5.74, 6) is 0.561. The number of rotatable bonds is 3. The molecule has 0 aliphatic heterocycles. The molecule has 1 amide bonds. The molecule has 0 unspecified atom stereocenters. The Labute approximate surface area is 75.6 Å². The maximum atomic E-state index is 11.2. The first-order valence-electron chi connectivity index (χ1n) is 3.52. The third kappa shape index (κ3) is 2.54. The number of thioether (sulfide) groups is 1. The van der Waals surface area contributed by atoms with Crippen molar-refractivity contribution in [2.75, 3.05) is 12.1 Å². The van der Waals surface area contributed by atoms with Crippen molar-refractivity contribution in [1.29, 1.82) is 0 Å². The Hall–Kier alpha value is -1.03. The second-order valence-electron chi connectivity index (χ2n) is 2.18. The standard InChI is InChI=1S/C8H10N2OS/c1-12-6-10-8(11)7-3-2-4-9-5-7/h2-5H,6H2,1H3,(H,10,11). The lowest BCUT2D eigenvalue weighted by Crippen LogP contribution is -2.22. The average Bonchev–Trinajstić information content (AvgIpc) is 2.15. The van der Waals surface area contributed by atoms with Gasteiger partial charge in [0.15, 0.2) is 0 Å². The first kappa shape index (κ1) is 9.06. The third-order valence-electron chi connectivity index (χ3n) is 1.30. The Morgan fingerprint density at radius 2 is 2.58 bits per heavy atom. The van der Waals surface area contributed by atoms with Gasteiger partial charge in [0.2, 0.25) is 0 Å². The monoisotopic (exact) mass is 182 g/mol. The second kappa shape index (κ2) is 4.77. The highest BCUT2D eigenvalue weighted by Gasteiger charge is 2.01. The largest absolute Gasteiger partial charge is 0.343 e. The molecular formula is C8H10N2OS. The summed E-state index contributed by atoms with van der Waals surface area (Å²) in [6.45, 7) is 0. The van der Waals surface area contributed by atoms with E-state index in [1.54, 1.807) is 36.3 Å². The van der Waals surface area contributed by atoms with Crippen LogP contribution in [0.4, 0.5) is 0 Å². The number of hydrogen-bond donors (Lipinski definition) is 1. The van der Waals surface area contributed by atoms with E-state index in [2.05, 4.69) is 10.3 Å². The van der Waals surface area contributed by atoms with Gasteiger partial charge in [-0.15, -0.1) is 11.8 Å². The van der Waals surface area contributed by atoms with Gasteiger partial charge in [-0.2, -0.15) is 0 Å². The Bertz CT molecular complexity index is 250. The molecule has 0 spiro atoms. The minimum absolute atomic E-state index is 0.0718. The summed E-state index contributed by atoms with van der Waals surface area (Å²) in [5, 5.41) is 2.73. The zero-order chi connectivity index (χ0) is 8.81. The first-order valence-corrected chi connectivity index (χ1v) is 4.91. The van der Waals surface area contributed by atoms with E-state index >= 15 is 0 Å². The van der Waals surface area contributed by atoms with E-state index in [9.17, 15) is 4.79 Å². The van der Waals surface area contributed by atoms with Crippen LogP contribution in [0.25, 0.3) is 0 Å². The summed E-state index contributed by atoms with van der Waals surface area (Å²) in [6, 6.07) is 3.48. The molecule has 12 heavy (non-hydrogen) atoms. The maximum absolute atomic E-state index is 11.2. The quantitative estimate of drug-likeness (QED) is 0.712. The summed E-state index contributed by atoms with van der Waals surface area (Å²) >= 11 is 1.57. The van der Waals surface area contributed by atoms with Gasteiger partial charge in [-0.1, -0.05) is 0 Å². The molecule has 4 heteroatoms. The normalized spacial score (nSPS) is 9.42. The molecule has 0 atom stereocenters. The molecule has 1 N–H and O–H groups in total. The fraction of sp³-hybridized carbons (Fsp3) is 0.250. The van der Waals surface area contributed by atoms with Crippen molar-refractivity contribution in [3.8, 4) is 0 Å². The Balaban J connectivity index is 2.54. The fourth-order valence-corrected chi connectivity index (χ4v) is 1.01. The van der Waals surface area contributed by atoms with Crippen molar-refractivity contribution in [2.24, 2.45) is 0 Å². The van der Waals surface area contributed by atoms with E-state index < -0.39 is 0 Å². The van der Waals surface area contributed by atoms with E-state index in [1.807, 2.05) is 6.26 Å². The third-order valence-corrected chi connectivity index (χ3v) is 1.73. The zero-order valence-corrected chi connectivity index (χ0v) is 7.60. The second-order valence-corrected chi connectivity index (χ2v) is 3.05. The molecule has 3 nitrogen and oxygen atoms in total. The van der Waals surface area contributed by atoms with E-state index in [4.69, 9.17) is 0 Å². The minimum Gasteiger partial charge on any atom is -0.343 e.